The molecule has 0 fully saturated rings. The minimum atomic E-state index is -0.737. The Morgan fingerprint density at radius 2 is 1.91 bits per heavy atom. The van der Waals surface area contributed by atoms with Gasteiger partial charge < -0.3 is 24.4 Å². The molecule has 1 aromatic heterocycles. The second-order valence-corrected chi connectivity index (χ2v) is 9.11. The lowest BCUT2D eigenvalue weighted by Crippen LogP contribution is -2.33. The molecule has 0 saturated carbocycles. The number of carbonyl (C=O) groups is 2. The molecule has 172 valence electrons. The predicted molar refractivity (Wildman–Crippen MR) is 123 cm³/mol. The number of aromatic nitrogens is 1. The molecule has 2 aromatic rings. The Labute approximate surface area is 192 Å². The number of carbonyl (C=O) groups excluding carboxylic acids is 2. The van der Waals surface area contributed by atoms with E-state index in [-0.39, 0.29) is 11.4 Å². The van der Waals surface area contributed by atoms with Crippen LogP contribution in [0.2, 0.25) is 0 Å². The minimum Gasteiger partial charge on any atom is -0.503 e. The van der Waals surface area contributed by atoms with E-state index in [0.29, 0.717) is 40.6 Å². The molecule has 9 heteroatoms. The van der Waals surface area contributed by atoms with Crippen LogP contribution in [0.1, 0.15) is 38.4 Å². The summed E-state index contributed by atoms with van der Waals surface area (Å²) in [6, 6.07) is 4.52. The Morgan fingerprint density at radius 3 is 2.47 bits per heavy atom. The van der Waals surface area contributed by atoms with Gasteiger partial charge in [-0.15, -0.1) is 11.3 Å². The van der Waals surface area contributed by atoms with E-state index in [4.69, 9.17) is 9.47 Å². The van der Waals surface area contributed by atoms with Crippen LogP contribution in [0.4, 0.5) is 0 Å². The summed E-state index contributed by atoms with van der Waals surface area (Å²) in [5.41, 5.74) is 1.31. The molecule has 1 aliphatic rings. The highest BCUT2D eigenvalue weighted by Crippen LogP contribution is 2.42. The second-order valence-electron chi connectivity index (χ2n) is 7.91. The van der Waals surface area contributed by atoms with Gasteiger partial charge in [-0.3, -0.25) is 9.59 Å². The summed E-state index contributed by atoms with van der Waals surface area (Å²) in [7, 11) is 6.98. The fourth-order valence-corrected chi connectivity index (χ4v) is 4.78. The number of hydrogen-bond acceptors (Lipinski definition) is 8. The SMILES string of the molecule is COc1ccc([C@H]2C(C(=O)c3sc(C)nc3C)=C(O)C(=O)N2CCCN(C)C)cc1OC. The van der Waals surface area contributed by atoms with E-state index >= 15 is 0 Å². The van der Waals surface area contributed by atoms with Crippen LogP contribution in [0.3, 0.4) is 0 Å². The van der Waals surface area contributed by atoms with E-state index in [1.807, 2.05) is 25.9 Å². The molecule has 3 rings (SSSR count). The van der Waals surface area contributed by atoms with Crippen molar-refractivity contribution < 1.29 is 24.2 Å². The van der Waals surface area contributed by atoms with Gasteiger partial charge in [0, 0.05) is 6.54 Å². The predicted octanol–water partition coefficient (Wildman–Crippen LogP) is 3.31. The summed E-state index contributed by atoms with van der Waals surface area (Å²) in [5.74, 6) is -0.423. The average Bonchev–Trinajstić information content (AvgIpc) is 3.22. The molecule has 8 nitrogen and oxygen atoms in total. The van der Waals surface area contributed by atoms with Crippen LogP contribution in [0.25, 0.3) is 0 Å². The van der Waals surface area contributed by atoms with Gasteiger partial charge in [-0.05, 0) is 58.6 Å². The lowest BCUT2D eigenvalue weighted by atomic mass is 9.94. The molecule has 1 aliphatic heterocycles. The van der Waals surface area contributed by atoms with Crippen LogP contribution in [0.5, 0.6) is 11.5 Å². The summed E-state index contributed by atoms with van der Waals surface area (Å²) in [4.78, 5) is 34.9. The van der Waals surface area contributed by atoms with Crippen molar-refractivity contribution in [3.8, 4) is 11.5 Å². The van der Waals surface area contributed by atoms with Crippen LogP contribution < -0.4 is 9.47 Å². The molecule has 0 saturated heterocycles. The summed E-state index contributed by atoms with van der Waals surface area (Å²) >= 11 is 1.26. The first kappa shape index (κ1) is 23.7. The molecular weight excluding hydrogens is 430 g/mol. The first-order valence-corrected chi connectivity index (χ1v) is 11.1. The minimum absolute atomic E-state index is 0.0684. The van der Waals surface area contributed by atoms with Gasteiger partial charge in [0.15, 0.2) is 17.3 Å². The van der Waals surface area contributed by atoms with Crippen LogP contribution in [0.15, 0.2) is 29.5 Å². The van der Waals surface area contributed by atoms with E-state index in [0.717, 1.165) is 11.6 Å². The number of amides is 1. The summed E-state index contributed by atoms with van der Waals surface area (Å²) in [6.45, 7) is 4.73. The summed E-state index contributed by atoms with van der Waals surface area (Å²) in [6.07, 6.45) is 0.690. The standard InChI is InChI=1S/C23H29N3O5S/c1-13-22(32-14(2)24-13)20(27)18-19(15-8-9-16(30-5)17(12-15)31-6)26(23(29)21(18)28)11-7-10-25(3)4/h8-9,12,19,28H,7,10-11H2,1-6H3/t19-/m0/s1. The number of aryl methyl sites for hydroxylation is 2. The van der Waals surface area contributed by atoms with Gasteiger partial charge in [0.1, 0.15) is 0 Å². The molecule has 1 atom stereocenters. The van der Waals surface area contributed by atoms with Crippen LogP contribution in [-0.2, 0) is 4.79 Å². The normalized spacial score (nSPS) is 16.3. The molecule has 0 bridgehead atoms. The molecule has 0 spiro atoms. The van der Waals surface area contributed by atoms with Crippen molar-refractivity contribution in [2.45, 2.75) is 26.3 Å². The van der Waals surface area contributed by atoms with Gasteiger partial charge in [-0.1, -0.05) is 6.07 Å². The molecule has 0 aliphatic carbocycles. The average molecular weight is 460 g/mol. The first-order valence-electron chi connectivity index (χ1n) is 10.3. The van der Waals surface area contributed by atoms with E-state index in [1.54, 1.807) is 37.1 Å². The molecule has 1 aromatic carbocycles. The molecule has 0 unspecified atom stereocenters. The molecule has 0 radical (unpaired) electrons. The number of aliphatic hydroxyl groups is 1. The number of benzene rings is 1. The number of Topliss-reactive ketones (excluding diaryl/α,β-unsaturated/α-hetero) is 1. The molecular formula is C23H29N3O5S. The topological polar surface area (TPSA) is 92.2 Å². The zero-order valence-corrected chi connectivity index (χ0v) is 20.1. The number of hydrogen-bond donors (Lipinski definition) is 1. The number of ketones is 1. The third-order valence-electron chi connectivity index (χ3n) is 5.39. The quantitative estimate of drug-likeness (QED) is 0.575. The van der Waals surface area contributed by atoms with Crippen molar-refractivity contribution in [1.82, 2.24) is 14.8 Å². The van der Waals surface area contributed by atoms with Crippen molar-refractivity contribution in [2.24, 2.45) is 0 Å². The Balaban J connectivity index is 2.09. The van der Waals surface area contributed by atoms with E-state index in [1.165, 1.54) is 18.4 Å². The third-order valence-corrected chi connectivity index (χ3v) is 6.46. The number of ether oxygens (including phenoxy) is 2. The lowest BCUT2D eigenvalue weighted by Gasteiger charge is -2.27. The number of rotatable bonds is 9. The summed E-state index contributed by atoms with van der Waals surface area (Å²) < 4.78 is 10.8. The summed E-state index contributed by atoms with van der Waals surface area (Å²) in [5, 5.41) is 11.6. The number of aliphatic hydroxyl groups excluding tert-OH is 1. The van der Waals surface area contributed by atoms with E-state index in [2.05, 4.69) is 4.98 Å². The highest BCUT2D eigenvalue weighted by Gasteiger charge is 2.44. The van der Waals surface area contributed by atoms with Crippen LogP contribution >= 0.6 is 11.3 Å². The van der Waals surface area contributed by atoms with Gasteiger partial charge in [0.05, 0.1) is 41.4 Å². The Kier molecular flexibility index (Phi) is 7.20. The highest BCUT2D eigenvalue weighted by molar-refractivity contribution is 7.14. The van der Waals surface area contributed by atoms with E-state index in [9.17, 15) is 14.7 Å². The Bertz CT molecular complexity index is 1060. The first-order chi connectivity index (χ1) is 15.2. The zero-order chi connectivity index (χ0) is 23.6. The van der Waals surface area contributed by atoms with Crippen molar-refractivity contribution in [3.05, 3.63) is 50.7 Å². The van der Waals surface area contributed by atoms with Crippen molar-refractivity contribution in [1.29, 1.82) is 0 Å². The molecule has 1 N–H and O–H groups in total. The molecule has 1 amide bonds. The highest BCUT2D eigenvalue weighted by atomic mass is 32.1. The molecule has 2 heterocycles. The van der Waals surface area contributed by atoms with Crippen LogP contribution in [-0.4, -0.2) is 73.0 Å². The number of nitrogens with zero attached hydrogens (tertiary/aromatic N) is 3. The lowest BCUT2D eigenvalue weighted by molar-refractivity contribution is -0.129. The Hall–Kier alpha value is -2.91. The fraction of sp³-hybridized carbons (Fsp3) is 0.435. The number of methoxy groups -OCH3 is 2. The van der Waals surface area contributed by atoms with E-state index < -0.39 is 17.7 Å². The number of thiazole rings is 1. The second kappa shape index (κ2) is 9.70. The van der Waals surface area contributed by atoms with Gasteiger partial charge in [-0.25, -0.2) is 4.98 Å². The zero-order valence-electron chi connectivity index (χ0n) is 19.3. The van der Waals surface area contributed by atoms with Gasteiger partial charge >= 0.3 is 0 Å². The maximum Gasteiger partial charge on any atom is 0.290 e. The Morgan fingerprint density at radius 1 is 1.22 bits per heavy atom. The van der Waals surface area contributed by atoms with Crippen molar-refractivity contribution in [3.63, 3.8) is 0 Å². The largest absolute Gasteiger partial charge is 0.503 e. The maximum absolute atomic E-state index is 13.5. The maximum atomic E-state index is 13.5. The van der Waals surface area contributed by atoms with Crippen LogP contribution in [0, 0.1) is 13.8 Å². The third kappa shape index (κ3) is 4.49. The van der Waals surface area contributed by atoms with Gasteiger partial charge in [0.25, 0.3) is 5.91 Å². The van der Waals surface area contributed by atoms with Crippen molar-refractivity contribution >= 4 is 23.0 Å². The smallest absolute Gasteiger partial charge is 0.290 e. The van der Waals surface area contributed by atoms with Gasteiger partial charge in [0.2, 0.25) is 5.78 Å². The monoisotopic (exact) mass is 459 g/mol. The molecule has 32 heavy (non-hydrogen) atoms. The van der Waals surface area contributed by atoms with Gasteiger partial charge in [-0.2, -0.15) is 0 Å². The fourth-order valence-electron chi connectivity index (χ4n) is 3.91. The van der Waals surface area contributed by atoms with Crippen molar-refractivity contribution in [2.75, 3.05) is 41.4 Å².